The highest BCUT2D eigenvalue weighted by atomic mass is 35.5. The monoisotopic (exact) mass is 417 g/mol. The van der Waals surface area contributed by atoms with E-state index >= 15 is 0 Å². The maximum Gasteiger partial charge on any atom is 0.326 e. The molecular weight excluding hydrogens is 401 g/mol. The Kier molecular flexibility index (Phi) is 6.39. The van der Waals surface area contributed by atoms with Crippen molar-refractivity contribution in [3.8, 4) is 0 Å². The molecule has 0 unspecified atom stereocenters. The van der Waals surface area contributed by atoms with Crippen LogP contribution in [0.25, 0.3) is 0 Å². The number of hydrogen-bond donors (Lipinski definition) is 1. The van der Waals surface area contributed by atoms with E-state index in [2.05, 4.69) is 0 Å². The zero-order valence-electron chi connectivity index (χ0n) is 14.7. The topological polar surface area (TPSA) is 70.8 Å². The molecule has 5 nitrogen and oxygen atoms in total. The maximum atomic E-state index is 13.2. The van der Waals surface area contributed by atoms with Crippen molar-refractivity contribution in [1.82, 2.24) is 4.90 Å². The van der Waals surface area contributed by atoms with E-state index in [1.807, 2.05) is 30.3 Å². The van der Waals surface area contributed by atoms with E-state index in [-0.39, 0.29) is 23.6 Å². The molecule has 0 bridgehead atoms. The first-order valence-corrected chi connectivity index (χ1v) is 9.26. The van der Waals surface area contributed by atoms with Gasteiger partial charge in [0.1, 0.15) is 11.8 Å². The maximum absolute atomic E-state index is 13.2. The largest absolute Gasteiger partial charge is 0.480 e. The van der Waals surface area contributed by atoms with Crippen molar-refractivity contribution in [3.05, 3.63) is 93.9 Å². The molecule has 0 saturated carbocycles. The van der Waals surface area contributed by atoms with Gasteiger partial charge in [-0.05, 0) is 35.9 Å². The van der Waals surface area contributed by atoms with Crippen molar-refractivity contribution in [2.24, 2.45) is 0 Å². The number of rotatable bonds is 7. The van der Waals surface area contributed by atoms with Crippen molar-refractivity contribution >= 4 is 35.1 Å². The molecule has 1 N–H and O–H groups in total. The molecule has 144 valence electrons. The van der Waals surface area contributed by atoms with E-state index in [1.165, 1.54) is 23.3 Å². The smallest absolute Gasteiger partial charge is 0.326 e. The minimum atomic E-state index is -1.12. The second-order valence-corrected chi connectivity index (χ2v) is 7.02. The zero-order valence-corrected chi connectivity index (χ0v) is 16.2. The van der Waals surface area contributed by atoms with E-state index in [0.29, 0.717) is 10.8 Å². The molecule has 3 aromatic rings. The summed E-state index contributed by atoms with van der Waals surface area (Å²) in [5.41, 5.74) is 0.978. The number of carboxylic acid groups (broad SMARTS) is 1. The third-order valence-corrected chi connectivity index (χ3v) is 4.81. The average Bonchev–Trinajstić information content (AvgIpc) is 3.18. The number of benzene rings is 2. The van der Waals surface area contributed by atoms with Crippen LogP contribution in [-0.2, 0) is 17.8 Å². The molecule has 1 aromatic heterocycles. The molecule has 0 saturated heterocycles. The summed E-state index contributed by atoms with van der Waals surface area (Å²) in [6.45, 7) is -0.00537. The Bertz CT molecular complexity index is 958. The molecule has 0 fully saturated rings. The highest BCUT2D eigenvalue weighted by molar-refractivity contribution is 6.36. The van der Waals surface area contributed by atoms with Crippen LogP contribution in [0.5, 0.6) is 0 Å². The third kappa shape index (κ3) is 4.74. The second kappa shape index (κ2) is 8.95. The minimum absolute atomic E-state index is 0.00537. The Labute approximate surface area is 172 Å². The van der Waals surface area contributed by atoms with Crippen molar-refractivity contribution in [3.63, 3.8) is 0 Å². The van der Waals surface area contributed by atoms with E-state index < -0.39 is 17.9 Å². The lowest BCUT2D eigenvalue weighted by atomic mass is 10.0. The van der Waals surface area contributed by atoms with Crippen LogP contribution < -0.4 is 0 Å². The van der Waals surface area contributed by atoms with Gasteiger partial charge in [0.15, 0.2) is 0 Å². The Hall–Kier alpha value is -2.76. The Morgan fingerprint density at radius 3 is 2.39 bits per heavy atom. The predicted molar refractivity (Wildman–Crippen MR) is 107 cm³/mol. The van der Waals surface area contributed by atoms with Gasteiger partial charge in [0.2, 0.25) is 0 Å². The van der Waals surface area contributed by atoms with Crippen molar-refractivity contribution in [1.29, 1.82) is 0 Å². The first-order chi connectivity index (χ1) is 13.5. The molecule has 1 heterocycles. The van der Waals surface area contributed by atoms with Gasteiger partial charge in [-0.1, -0.05) is 53.5 Å². The zero-order chi connectivity index (χ0) is 20.1. The van der Waals surface area contributed by atoms with E-state index in [1.54, 1.807) is 18.2 Å². The van der Waals surface area contributed by atoms with Gasteiger partial charge in [0, 0.05) is 11.4 Å². The standard InChI is InChI=1S/C21H17Cl2NO4/c22-15-8-9-17(18(23)12-15)20(25)24(13-16-7-4-10-28-16)19(21(26)27)11-14-5-2-1-3-6-14/h1-10,12,19H,11,13H2,(H,26,27)/t19-/m1/s1. The van der Waals surface area contributed by atoms with Crippen LogP contribution in [-0.4, -0.2) is 27.9 Å². The summed E-state index contributed by atoms with van der Waals surface area (Å²) < 4.78 is 5.34. The van der Waals surface area contributed by atoms with Crippen LogP contribution in [0.1, 0.15) is 21.7 Å². The SMILES string of the molecule is O=C(O)[C@@H](Cc1ccccc1)N(Cc1ccco1)C(=O)c1ccc(Cl)cc1Cl. The van der Waals surface area contributed by atoms with Crippen molar-refractivity contribution in [2.75, 3.05) is 0 Å². The highest BCUT2D eigenvalue weighted by Crippen LogP contribution is 2.25. The summed E-state index contributed by atoms with van der Waals surface area (Å²) >= 11 is 12.1. The van der Waals surface area contributed by atoms with Crippen LogP contribution >= 0.6 is 23.2 Å². The van der Waals surface area contributed by atoms with Gasteiger partial charge < -0.3 is 14.4 Å². The fourth-order valence-corrected chi connectivity index (χ4v) is 3.37. The molecule has 1 atom stereocenters. The number of carbonyl (C=O) groups excluding carboxylic acids is 1. The Balaban J connectivity index is 1.98. The summed E-state index contributed by atoms with van der Waals surface area (Å²) in [5.74, 6) is -1.16. The summed E-state index contributed by atoms with van der Waals surface area (Å²) in [5, 5.41) is 10.4. The third-order valence-electron chi connectivity index (χ3n) is 4.26. The van der Waals surface area contributed by atoms with Crippen LogP contribution in [0.2, 0.25) is 10.0 Å². The molecule has 0 aliphatic carbocycles. The molecular formula is C21H17Cl2NO4. The predicted octanol–water partition coefficient (Wildman–Crippen LogP) is 4.92. The van der Waals surface area contributed by atoms with Gasteiger partial charge in [0.25, 0.3) is 5.91 Å². The summed E-state index contributed by atoms with van der Waals surface area (Å²) in [6.07, 6.45) is 1.62. The Morgan fingerprint density at radius 1 is 1.04 bits per heavy atom. The van der Waals surface area contributed by atoms with Gasteiger partial charge in [-0.25, -0.2) is 4.79 Å². The van der Waals surface area contributed by atoms with Gasteiger partial charge in [0.05, 0.1) is 23.4 Å². The molecule has 0 aliphatic rings. The molecule has 0 aliphatic heterocycles. The fraction of sp³-hybridized carbons (Fsp3) is 0.143. The van der Waals surface area contributed by atoms with Crippen molar-refractivity contribution < 1.29 is 19.1 Å². The lowest BCUT2D eigenvalue weighted by molar-refractivity contribution is -0.142. The molecule has 0 radical (unpaired) electrons. The lowest BCUT2D eigenvalue weighted by Crippen LogP contribution is -2.46. The quantitative estimate of drug-likeness (QED) is 0.591. The van der Waals surface area contributed by atoms with Crippen LogP contribution in [0.3, 0.4) is 0 Å². The summed E-state index contributed by atoms with van der Waals surface area (Å²) in [7, 11) is 0. The summed E-state index contributed by atoms with van der Waals surface area (Å²) in [4.78, 5) is 26.6. The highest BCUT2D eigenvalue weighted by Gasteiger charge is 2.32. The van der Waals surface area contributed by atoms with Crippen LogP contribution in [0.15, 0.2) is 71.3 Å². The lowest BCUT2D eigenvalue weighted by Gasteiger charge is -2.29. The first kappa shape index (κ1) is 20.0. The molecule has 28 heavy (non-hydrogen) atoms. The number of halogens is 2. The summed E-state index contributed by atoms with van der Waals surface area (Å²) in [6, 6.07) is 15.9. The molecule has 1 amide bonds. The molecule has 0 spiro atoms. The Morgan fingerprint density at radius 2 is 1.79 bits per heavy atom. The molecule has 2 aromatic carbocycles. The van der Waals surface area contributed by atoms with E-state index in [4.69, 9.17) is 27.6 Å². The van der Waals surface area contributed by atoms with E-state index in [0.717, 1.165) is 5.56 Å². The number of carboxylic acids is 1. The van der Waals surface area contributed by atoms with Gasteiger partial charge in [-0.2, -0.15) is 0 Å². The molecule has 7 heteroatoms. The van der Waals surface area contributed by atoms with Gasteiger partial charge >= 0.3 is 5.97 Å². The van der Waals surface area contributed by atoms with Crippen LogP contribution in [0, 0.1) is 0 Å². The number of aliphatic carboxylic acids is 1. The number of nitrogens with zero attached hydrogens (tertiary/aromatic N) is 1. The van der Waals surface area contributed by atoms with Crippen molar-refractivity contribution in [2.45, 2.75) is 19.0 Å². The minimum Gasteiger partial charge on any atom is -0.480 e. The fourth-order valence-electron chi connectivity index (χ4n) is 2.88. The van der Waals surface area contributed by atoms with Crippen LogP contribution in [0.4, 0.5) is 0 Å². The molecule has 3 rings (SSSR count). The van der Waals surface area contributed by atoms with Gasteiger partial charge in [-0.15, -0.1) is 0 Å². The number of carbonyl (C=O) groups is 2. The second-order valence-electron chi connectivity index (χ2n) is 6.18. The number of amides is 1. The number of furan rings is 1. The first-order valence-electron chi connectivity index (χ1n) is 8.51. The average molecular weight is 418 g/mol. The number of hydrogen-bond acceptors (Lipinski definition) is 3. The van der Waals surface area contributed by atoms with Gasteiger partial charge in [-0.3, -0.25) is 4.79 Å². The normalized spacial score (nSPS) is 11.8. The van der Waals surface area contributed by atoms with E-state index in [9.17, 15) is 14.7 Å².